The molecule has 1 aliphatic rings. The van der Waals surface area contributed by atoms with Gasteiger partial charge in [0.1, 0.15) is 5.65 Å². The molecular weight excluding hydrogens is 486 g/mol. The first-order valence-corrected chi connectivity index (χ1v) is 13.8. The van der Waals surface area contributed by atoms with Crippen molar-refractivity contribution in [2.24, 2.45) is 0 Å². The highest BCUT2D eigenvalue weighted by Gasteiger charge is 2.22. The second-order valence-electron chi connectivity index (χ2n) is 10.5. The number of aromatic nitrogens is 3. The van der Waals surface area contributed by atoms with Gasteiger partial charge in [-0.15, -0.1) is 0 Å². The van der Waals surface area contributed by atoms with Gasteiger partial charge in [-0.3, -0.25) is 0 Å². The fourth-order valence-corrected chi connectivity index (χ4v) is 5.80. The maximum atomic E-state index is 12.6. The van der Waals surface area contributed by atoms with Gasteiger partial charge in [0.15, 0.2) is 0 Å². The molecule has 5 rings (SSSR count). The third-order valence-corrected chi connectivity index (χ3v) is 8.06. The molecule has 0 bridgehead atoms. The van der Waals surface area contributed by atoms with Crippen molar-refractivity contribution in [2.45, 2.75) is 31.2 Å². The number of rotatable bonds is 6. The van der Waals surface area contributed by atoms with E-state index in [4.69, 9.17) is 4.98 Å². The maximum absolute atomic E-state index is 12.6. The van der Waals surface area contributed by atoms with Crippen LogP contribution in [0.15, 0.2) is 71.9 Å². The van der Waals surface area contributed by atoms with Crippen molar-refractivity contribution < 1.29 is 8.42 Å². The molecule has 4 aromatic rings. The van der Waals surface area contributed by atoms with Crippen LogP contribution in [0.4, 0.5) is 17.3 Å². The van der Waals surface area contributed by atoms with Crippen LogP contribution in [0.2, 0.25) is 0 Å². The molecule has 37 heavy (non-hydrogen) atoms. The van der Waals surface area contributed by atoms with Crippen molar-refractivity contribution in [1.29, 1.82) is 0 Å². The summed E-state index contributed by atoms with van der Waals surface area (Å²) in [6.07, 6.45) is 3.69. The lowest BCUT2D eigenvalue weighted by atomic mass is 10.1. The number of fused-ring (bicyclic) bond motifs is 1. The Labute approximate surface area is 218 Å². The van der Waals surface area contributed by atoms with Gasteiger partial charge in [-0.25, -0.2) is 18.1 Å². The minimum absolute atomic E-state index is 0.222. The van der Waals surface area contributed by atoms with E-state index in [-0.39, 0.29) is 4.90 Å². The van der Waals surface area contributed by atoms with Crippen molar-refractivity contribution in [3.8, 4) is 5.69 Å². The zero-order chi connectivity index (χ0) is 26.2. The first kappa shape index (κ1) is 25.2. The van der Waals surface area contributed by atoms with E-state index in [1.54, 1.807) is 30.5 Å². The minimum Gasteiger partial charge on any atom is -0.369 e. The van der Waals surface area contributed by atoms with E-state index in [0.29, 0.717) is 5.95 Å². The van der Waals surface area contributed by atoms with Gasteiger partial charge in [0.05, 0.1) is 4.90 Å². The molecule has 0 radical (unpaired) electrons. The van der Waals surface area contributed by atoms with Gasteiger partial charge in [-0.05, 0) is 82.4 Å². The fraction of sp³-hybridized carbons (Fsp3) is 0.333. The molecule has 2 N–H and O–H groups in total. The van der Waals surface area contributed by atoms with Gasteiger partial charge in [0.25, 0.3) is 0 Å². The second-order valence-corrected chi connectivity index (χ2v) is 12.2. The SMILES string of the molecule is CN1CCN(c2ccc(Nc3ncc4ccn(-c5ccc(S(=O)(=O)NC(C)(C)C)cc5)c4n3)cc2)CC1. The summed E-state index contributed by atoms with van der Waals surface area (Å²) in [7, 11) is -1.44. The molecule has 1 saturated heterocycles. The van der Waals surface area contributed by atoms with Crippen LogP contribution >= 0.6 is 0 Å². The lowest BCUT2D eigenvalue weighted by Gasteiger charge is -2.34. The Balaban J connectivity index is 1.34. The molecule has 1 fully saturated rings. The smallest absolute Gasteiger partial charge is 0.241 e. The number of nitrogens with zero attached hydrogens (tertiary/aromatic N) is 5. The van der Waals surface area contributed by atoms with Crippen LogP contribution in [-0.4, -0.2) is 66.6 Å². The van der Waals surface area contributed by atoms with Gasteiger partial charge >= 0.3 is 0 Å². The van der Waals surface area contributed by atoms with Crippen LogP contribution in [0.25, 0.3) is 16.7 Å². The molecule has 0 atom stereocenters. The normalized spacial score (nSPS) is 15.3. The lowest BCUT2D eigenvalue weighted by Crippen LogP contribution is -2.44. The Morgan fingerprint density at radius 2 is 1.51 bits per heavy atom. The average molecular weight is 520 g/mol. The molecule has 9 nitrogen and oxygen atoms in total. The van der Waals surface area contributed by atoms with Crippen LogP contribution in [0.1, 0.15) is 20.8 Å². The highest BCUT2D eigenvalue weighted by molar-refractivity contribution is 7.89. The predicted octanol–water partition coefficient (Wildman–Crippen LogP) is 3.99. The molecule has 2 aromatic carbocycles. The first-order chi connectivity index (χ1) is 17.6. The van der Waals surface area contributed by atoms with Crippen molar-refractivity contribution in [2.75, 3.05) is 43.4 Å². The molecule has 0 aliphatic carbocycles. The van der Waals surface area contributed by atoms with Gasteiger partial charge in [0, 0.05) is 66.6 Å². The van der Waals surface area contributed by atoms with Crippen LogP contribution in [0.3, 0.4) is 0 Å². The fourth-order valence-electron chi connectivity index (χ4n) is 4.38. The first-order valence-electron chi connectivity index (χ1n) is 12.4. The Kier molecular flexibility index (Phi) is 6.65. The summed E-state index contributed by atoms with van der Waals surface area (Å²) < 4.78 is 29.9. The topological polar surface area (TPSA) is 95.4 Å². The summed E-state index contributed by atoms with van der Waals surface area (Å²) in [5.74, 6) is 0.494. The summed E-state index contributed by atoms with van der Waals surface area (Å²) in [6.45, 7) is 9.65. The molecule has 1 aliphatic heterocycles. The Morgan fingerprint density at radius 1 is 0.865 bits per heavy atom. The molecule has 2 aromatic heterocycles. The third-order valence-electron chi connectivity index (χ3n) is 6.28. The maximum Gasteiger partial charge on any atom is 0.241 e. The molecular formula is C27H33N7O2S. The molecule has 3 heterocycles. The largest absolute Gasteiger partial charge is 0.369 e. The van der Waals surface area contributed by atoms with E-state index in [1.165, 1.54) is 5.69 Å². The van der Waals surface area contributed by atoms with E-state index in [9.17, 15) is 8.42 Å². The molecule has 10 heteroatoms. The summed E-state index contributed by atoms with van der Waals surface area (Å²) in [5, 5.41) is 4.19. The summed E-state index contributed by atoms with van der Waals surface area (Å²) >= 11 is 0. The highest BCUT2D eigenvalue weighted by atomic mass is 32.2. The third kappa shape index (κ3) is 5.76. The number of piperazine rings is 1. The monoisotopic (exact) mass is 519 g/mol. The number of likely N-dealkylation sites (N-methyl/N-ethyl adjacent to an activating group) is 1. The number of hydrogen-bond acceptors (Lipinski definition) is 7. The Morgan fingerprint density at radius 3 is 2.16 bits per heavy atom. The summed E-state index contributed by atoms with van der Waals surface area (Å²) in [4.78, 5) is 14.2. The molecule has 0 unspecified atom stereocenters. The van der Waals surface area contributed by atoms with Gasteiger partial charge in [0.2, 0.25) is 16.0 Å². The zero-order valence-corrected chi connectivity index (χ0v) is 22.5. The standard InChI is InChI=1S/C27H33N7O2S/c1-27(2,3)31-37(35,36)24-11-9-23(10-12-24)34-14-13-20-19-28-26(30-25(20)34)29-21-5-7-22(8-6-21)33-17-15-32(4)16-18-33/h5-14,19,31H,15-18H2,1-4H3,(H,28,29,30). The van der Waals surface area contributed by atoms with Crippen molar-refractivity contribution >= 4 is 38.4 Å². The lowest BCUT2D eigenvalue weighted by molar-refractivity contribution is 0.313. The second kappa shape index (κ2) is 9.77. The van der Waals surface area contributed by atoms with Crippen LogP contribution < -0.4 is 14.9 Å². The van der Waals surface area contributed by atoms with E-state index < -0.39 is 15.6 Å². The van der Waals surface area contributed by atoms with E-state index in [1.807, 2.05) is 49.7 Å². The highest BCUT2D eigenvalue weighted by Crippen LogP contribution is 2.24. The zero-order valence-electron chi connectivity index (χ0n) is 21.6. The molecule has 0 saturated carbocycles. The van der Waals surface area contributed by atoms with Crippen LogP contribution in [-0.2, 0) is 10.0 Å². The summed E-state index contributed by atoms with van der Waals surface area (Å²) in [5.41, 5.74) is 3.11. The number of sulfonamides is 1. The van der Waals surface area contributed by atoms with Crippen molar-refractivity contribution in [3.05, 3.63) is 67.0 Å². The molecule has 0 amide bonds. The van der Waals surface area contributed by atoms with E-state index in [0.717, 1.165) is 48.6 Å². The number of benzene rings is 2. The Hall–Kier alpha value is -3.47. The molecule has 194 valence electrons. The number of nitrogens with one attached hydrogen (secondary N) is 2. The van der Waals surface area contributed by atoms with Crippen LogP contribution in [0, 0.1) is 0 Å². The minimum atomic E-state index is -3.60. The summed E-state index contributed by atoms with van der Waals surface area (Å²) in [6, 6.07) is 17.1. The van der Waals surface area contributed by atoms with Crippen molar-refractivity contribution in [3.63, 3.8) is 0 Å². The van der Waals surface area contributed by atoms with Crippen molar-refractivity contribution in [1.82, 2.24) is 24.2 Å². The Bertz CT molecular complexity index is 1480. The van der Waals surface area contributed by atoms with Gasteiger partial charge < -0.3 is 19.7 Å². The number of anilines is 3. The average Bonchev–Trinajstić information content (AvgIpc) is 3.27. The predicted molar refractivity (Wildman–Crippen MR) is 148 cm³/mol. The van der Waals surface area contributed by atoms with E-state index in [2.05, 4.69) is 44.0 Å². The van der Waals surface area contributed by atoms with Crippen LogP contribution in [0.5, 0.6) is 0 Å². The molecule has 0 spiro atoms. The van der Waals surface area contributed by atoms with Gasteiger partial charge in [-0.1, -0.05) is 0 Å². The van der Waals surface area contributed by atoms with Gasteiger partial charge in [-0.2, -0.15) is 4.98 Å². The quantitative estimate of drug-likeness (QED) is 0.398. The number of hydrogen-bond donors (Lipinski definition) is 2. The van der Waals surface area contributed by atoms with E-state index >= 15 is 0 Å².